The van der Waals surface area contributed by atoms with Crippen molar-refractivity contribution in [2.24, 2.45) is 0 Å². The molecule has 0 fully saturated rings. The first-order valence-corrected chi connectivity index (χ1v) is 7.69. The van der Waals surface area contributed by atoms with Crippen LogP contribution in [0.5, 0.6) is 11.5 Å². The molecule has 0 aliphatic rings. The van der Waals surface area contributed by atoms with Crippen molar-refractivity contribution in [2.75, 3.05) is 0 Å². The molecule has 3 aromatic carbocycles. The van der Waals surface area contributed by atoms with E-state index in [1.165, 1.54) is 0 Å². The van der Waals surface area contributed by atoms with E-state index in [0.717, 1.165) is 27.1 Å². The lowest BCUT2D eigenvalue weighted by atomic mass is 10.0. The summed E-state index contributed by atoms with van der Waals surface area (Å²) in [5.74, 6) is 1.55. The van der Waals surface area contributed by atoms with E-state index in [1.807, 2.05) is 72.8 Å². The van der Waals surface area contributed by atoms with Gasteiger partial charge in [-0.3, -0.25) is 0 Å². The van der Waals surface area contributed by atoms with Gasteiger partial charge in [0.15, 0.2) is 0 Å². The largest absolute Gasteiger partial charge is 0.456 e. The van der Waals surface area contributed by atoms with Crippen LogP contribution >= 0.6 is 27.5 Å². The first kappa shape index (κ1) is 14.2. The minimum absolute atomic E-state index is 0.709. The van der Waals surface area contributed by atoms with E-state index in [-0.39, 0.29) is 0 Å². The number of halogens is 2. The Hall–Kier alpha value is -1.77. The van der Waals surface area contributed by atoms with E-state index < -0.39 is 0 Å². The average molecular weight is 360 g/mol. The maximum absolute atomic E-state index is 6.30. The highest BCUT2D eigenvalue weighted by molar-refractivity contribution is 9.10. The highest BCUT2D eigenvalue weighted by atomic mass is 79.9. The van der Waals surface area contributed by atoms with Crippen molar-refractivity contribution >= 4 is 27.5 Å². The maximum Gasteiger partial charge on any atom is 0.141 e. The topological polar surface area (TPSA) is 9.23 Å². The van der Waals surface area contributed by atoms with Crippen LogP contribution in [-0.4, -0.2) is 0 Å². The standard InChI is InChI=1S/C18H12BrClO/c19-15-9-3-6-12-18(15)21-17-11-5-2-8-14(17)13-7-1-4-10-16(13)20/h1-12H. The molecule has 0 aliphatic heterocycles. The Labute approximate surface area is 137 Å². The summed E-state index contributed by atoms with van der Waals surface area (Å²) >= 11 is 9.80. The van der Waals surface area contributed by atoms with Crippen LogP contribution < -0.4 is 4.74 Å². The van der Waals surface area contributed by atoms with Gasteiger partial charge in [0, 0.05) is 16.1 Å². The van der Waals surface area contributed by atoms with Crippen LogP contribution in [0.4, 0.5) is 0 Å². The molecule has 0 atom stereocenters. The van der Waals surface area contributed by atoms with Crippen molar-refractivity contribution in [3.63, 3.8) is 0 Å². The summed E-state index contributed by atoms with van der Waals surface area (Å²) in [6.45, 7) is 0. The van der Waals surface area contributed by atoms with E-state index in [9.17, 15) is 0 Å². The molecular weight excluding hydrogens is 348 g/mol. The molecule has 104 valence electrons. The zero-order chi connectivity index (χ0) is 14.7. The lowest BCUT2D eigenvalue weighted by Gasteiger charge is -2.13. The molecule has 3 heteroatoms. The van der Waals surface area contributed by atoms with E-state index in [4.69, 9.17) is 16.3 Å². The minimum Gasteiger partial charge on any atom is -0.456 e. The van der Waals surface area contributed by atoms with Crippen LogP contribution in [0.3, 0.4) is 0 Å². The summed E-state index contributed by atoms with van der Waals surface area (Å²) in [5, 5.41) is 0.709. The van der Waals surface area contributed by atoms with E-state index >= 15 is 0 Å². The zero-order valence-electron chi connectivity index (χ0n) is 11.1. The second-order valence-electron chi connectivity index (χ2n) is 4.51. The Bertz CT molecular complexity index is 770. The van der Waals surface area contributed by atoms with Gasteiger partial charge in [-0.25, -0.2) is 0 Å². The van der Waals surface area contributed by atoms with Crippen LogP contribution in [-0.2, 0) is 0 Å². The van der Waals surface area contributed by atoms with E-state index in [2.05, 4.69) is 15.9 Å². The normalized spacial score (nSPS) is 10.4. The predicted molar refractivity (Wildman–Crippen MR) is 91.1 cm³/mol. The Morgan fingerprint density at radius 1 is 0.667 bits per heavy atom. The first-order valence-electron chi connectivity index (χ1n) is 6.52. The van der Waals surface area contributed by atoms with Gasteiger partial charge in [-0.05, 0) is 40.2 Å². The van der Waals surface area contributed by atoms with Crippen molar-refractivity contribution in [3.8, 4) is 22.6 Å². The maximum atomic E-state index is 6.30. The average Bonchev–Trinajstić information content (AvgIpc) is 2.51. The molecule has 0 bridgehead atoms. The predicted octanol–water partition coefficient (Wildman–Crippen LogP) is 6.56. The second kappa shape index (κ2) is 6.33. The number of hydrogen-bond acceptors (Lipinski definition) is 1. The Morgan fingerprint density at radius 2 is 1.24 bits per heavy atom. The number of hydrogen-bond donors (Lipinski definition) is 0. The molecule has 0 N–H and O–H groups in total. The molecule has 3 rings (SSSR count). The summed E-state index contributed by atoms with van der Waals surface area (Å²) in [6.07, 6.45) is 0. The minimum atomic E-state index is 0.709. The third-order valence-electron chi connectivity index (χ3n) is 3.11. The Kier molecular flexibility index (Phi) is 4.28. The van der Waals surface area contributed by atoms with Crippen LogP contribution in [0.25, 0.3) is 11.1 Å². The summed E-state index contributed by atoms with van der Waals surface area (Å²) < 4.78 is 6.96. The summed E-state index contributed by atoms with van der Waals surface area (Å²) in [4.78, 5) is 0. The SMILES string of the molecule is Clc1ccccc1-c1ccccc1Oc1ccccc1Br. The van der Waals surface area contributed by atoms with Crippen molar-refractivity contribution < 1.29 is 4.74 Å². The molecule has 21 heavy (non-hydrogen) atoms. The summed E-state index contributed by atoms with van der Waals surface area (Å²) in [5.41, 5.74) is 1.93. The van der Waals surface area contributed by atoms with Gasteiger partial charge in [0.25, 0.3) is 0 Å². The van der Waals surface area contributed by atoms with Crippen LogP contribution in [0, 0.1) is 0 Å². The smallest absolute Gasteiger partial charge is 0.141 e. The van der Waals surface area contributed by atoms with Crippen molar-refractivity contribution in [2.45, 2.75) is 0 Å². The van der Waals surface area contributed by atoms with Crippen molar-refractivity contribution in [1.82, 2.24) is 0 Å². The molecule has 0 saturated heterocycles. The van der Waals surface area contributed by atoms with Gasteiger partial charge >= 0.3 is 0 Å². The highest BCUT2D eigenvalue weighted by Gasteiger charge is 2.10. The van der Waals surface area contributed by atoms with Crippen molar-refractivity contribution in [1.29, 1.82) is 0 Å². The quantitative estimate of drug-likeness (QED) is 0.514. The van der Waals surface area contributed by atoms with Crippen LogP contribution in [0.2, 0.25) is 5.02 Å². The molecule has 1 nitrogen and oxygen atoms in total. The fourth-order valence-electron chi connectivity index (χ4n) is 2.10. The molecule has 0 aromatic heterocycles. The first-order chi connectivity index (χ1) is 10.3. The van der Waals surface area contributed by atoms with Crippen LogP contribution in [0.1, 0.15) is 0 Å². The number of para-hydroxylation sites is 2. The lowest BCUT2D eigenvalue weighted by Crippen LogP contribution is -1.89. The van der Waals surface area contributed by atoms with Gasteiger partial charge in [0.05, 0.1) is 4.47 Å². The second-order valence-corrected chi connectivity index (χ2v) is 5.77. The van der Waals surface area contributed by atoms with Crippen LogP contribution in [0.15, 0.2) is 77.3 Å². The molecule has 0 radical (unpaired) electrons. The fourth-order valence-corrected chi connectivity index (χ4v) is 2.71. The van der Waals surface area contributed by atoms with Gasteiger partial charge in [0.1, 0.15) is 11.5 Å². The fraction of sp³-hybridized carbons (Fsp3) is 0. The number of ether oxygens (including phenoxy) is 1. The van der Waals surface area contributed by atoms with E-state index in [1.54, 1.807) is 0 Å². The molecular formula is C18H12BrClO. The highest BCUT2D eigenvalue weighted by Crippen LogP contribution is 2.38. The van der Waals surface area contributed by atoms with Gasteiger partial charge in [-0.2, -0.15) is 0 Å². The molecule has 0 spiro atoms. The number of benzene rings is 3. The Balaban J connectivity index is 2.05. The van der Waals surface area contributed by atoms with Gasteiger partial charge in [-0.15, -0.1) is 0 Å². The summed E-state index contributed by atoms with van der Waals surface area (Å²) in [7, 11) is 0. The third kappa shape index (κ3) is 3.12. The summed E-state index contributed by atoms with van der Waals surface area (Å²) in [6, 6.07) is 23.4. The van der Waals surface area contributed by atoms with Gasteiger partial charge in [-0.1, -0.05) is 60.1 Å². The monoisotopic (exact) mass is 358 g/mol. The molecule has 0 amide bonds. The molecule has 3 aromatic rings. The van der Waals surface area contributed by atoms with E-state index in [0.29, 0.717) is 5.02 Å². The third-order valence-corrected chi connectivity index (χ3v) is 4.09. The molecule has 0 aliphatic carbocycles. The van der Waals surface area contributed by atoms with Gasteiger partial charge in [0.2, 0.25) is 0 Å². The zero-order valence-corrected chi connectivity index (χ0v) is 13.4. The molecule has 0 unspecified atom stereocenters. The molecule has 0 heterocycles. The Morgan fingerprint density at radius 3 is 1.95 bits per heavy atom. The van der Waals surface area contributed by atoms with Crippen molar-refractivity contribution in [3.05, 3.63) is 82.3 Å². The lowest BCUT2D eigenvalue weighted by molar-refractivity contribution is 0.481. The number of rotatable bonds is 3. The van der Waals surface area contributed by atoms with Gasteiger partial charge < -0.3 is 4.74 Å². The molecule has 0 saturated carbocycles.